The van der Waals surface area contributed by atoms with Crippen molar-refractivity contribution in [1.82, 2.24) is 30.0 Å². The van der Waals surface area contributed by atoms with Gasteiger partial charge in [0.25, 0.3) is 6.43 Å². The highest BCUT2D eigenvalue weighted by molar-refractivity contribution is 6.38. The van der Waals surface area contributed by atoms with Crippen molar-refractivity contribution in [2.24, 2.45) is 0 Å². The second-order valence-electron chi connectivity index (χ2n) is 7.67. The first kappa shape index (κ1) is 22.7. The predicted octanol–water partition coefficient (Wildman–Crippen LogP) is 3.94. The van der Waals surface area contributed by atoms with E-state index in [0.717, 1.165) is 17.5 Å². The van der Waals surface area contributed by atoms with Gasteiger partial charge in [-0.15, -0.1) is 0 Å². The standard InChI is InChI=1S/C21H18Cl2F2N8O/c22-12-1-10(14-7-26-14)2-13(23)20(12)33-15-3-18(27-5-11(15)6-31-33)32-19-4-17(29-9-30-19)28-8-16(34)21(24)25/h1-6,9,14,16,21,26,34H,7-8H2,(H2,27,28,29,30,32)/t14?,16-/m1/s1. The molecule has 5 rings (SSSR count). The number of benzene rings is 1. The second-order valence-corrected chi connectivity index (χ2v) is 8.49. The number of hydrogen-bond donors (Lipinski definition) is 4. The molecule has 0 aliphatic carbocycles. The highest BCUT2D eigenvalue weighted by atomic mass is 35.5. The van der Waals surface area contributed by atoms with E-state index in [9.17, 15) is 13.9 Å². The lowest BCUT2D eigenvalue weighted by Gasteiger charge is -2.12. The van der Waals surface area contributed by atoms with Crippen molar-refractivity contribution in [2.75, 3.05) is 23.7 Å². The minimum atomic E-state index is -2.85. The number of aromatic nitrogens is 5. The summed E-state index contributed by atoms with van der Waals surface area (Å²) in [5.74, 6) is 1.10. The normalized spacial score (nSPS) is 16.1. The molecule has 0 amide bonds. The van der Waals surface area contributed by atoms with Crippen LogP contribution >= 0.6 is 23.2 Å². The summed E-state index contributed by atoms with van der Waals surface area (Å²) in [5, 5.41) is 24.4. The van der Waals surface area contributed by atoms with E-state index in [0.29, 0.717) is 32.9 Å². The van der Waals surface area contributed by atoms with Crippen LogP contribution in [0, 0.1) is 0 Å². The van der Waals surface area contributed by atoms with Crippen LogP contribution in [0.5, 0.6) is 0 Å². The summed E-state index contributed by atoms with van der Waals surface area (Å²) in [6.07, 6.45) is -0.0841. The fraction of sp³-hybridized carbons (Fsp3) is 0.238. The molecule has 4 aromatic rings. The first-order chi connectivity index (χ1) is 16.4. The highest BCUT2D eigenvalue weighted by Gasteiger charge is 2.25. The number of fused-ring (bicyclic) bond motifs is 1. The van der Waals surface area contributed by atoms with Crippen LogP contribution in [-0.2, 0) is 0 Å². The molecule has 1 aliphatic heterocycles. The molecule has 4 heterocycles. The molecule has 0 saturated carbocycles. The van der Waals surface area contributed by atoms with Gasteiger partial charge in [-0.2, -0.15) is 5.10 Å². The van der Waals surface area contributed by atoms with E-state index in [1.807, 2.05) is 12.1 Å². The van der Waals surface area contributed by atoms with Gasteiger partial charge >= 0.3 is 0 Å². The van der Waals surface area contributed by atoms with Gasteiger partial charge in [0.2, 0.25) is 0 Å². The molecule has 13 heteroatoms. The molecule has 1 aromatic carbocycles. The number of aliphatic hydroxyl groups excluding tert-OH is 1. The van der Waals surface area contributed by atoms with Crippen LogP contribution in [0.25, 0.3) is 16.6 Å². The summed E-state index contributed by atoms with van der Waals surface area (Å²) in [4.78, 5) is 12.5. The van der Waals surface area contributed by atoms with Gasteiger partial charge in [0.05, 0.1) is 21.8 Å². The Balaban J connectivity index is 1.41. The van der Waals surface area contributed by atoms with E-state index in [1.54, 1.807) is 23.1 Å². The molecule has 4 N–H and O–H groups in total. The molecule has 1 aliphatic rings. The number of alkyl halides is 2. The van der Waals surface area contributed by atoms with E-state index < -0.39 is 12.5 Å². The Morgan fingerprint density at radius 2 is 1.76 bits per heavy atom. The van der Waals surface area contributed by atoms with Gasteiger partial charge in [-0.05, 0) is 17.7 Å². The lowest BCUT2D eigenvalue weighted by Crippen LogP contribution is -2.27. The van der Waals surface area contributed by atoms with Crippen molar-refractivity contribution < 1.29 is 13.9 Å². The molecule has 176 valence electrons. The number of rotatable bonds is 8. The molecule has 1 unspecified atom stereocenters. The summed E-state index contributed by atoms with van der Waals surface area (Å²) in [6, 6.07) is 7.30. The van der Waals surface area contributed by atoms with Crippen LogP contribution in [0.15, 0.2) is 43.0 Å². The summed E-state index contributed by atoms with van der Waals surface area (Å²) < 4.78 is 26.6. The molecule has 34 heavy (non-hydrogen) atoms. The summed E-state index contributed by atoms with van der Waals surface area (Å²) in [6.45, 7) is 0.541. The number of pyridine rings is 1. The monoisotopic (exact) mass is 506 g/mol. The van der Waals surface area contributed by atoms with E-state index in [1.165, 1.54) is 12.4 Å². The molecule has 3 aromatic heterocycles. The van der Waals surface area contributed by atoms with Gasteiger partial charge in [-0.1, -0.05) is 23.2 Å². The van der Waals surface area contributed by atoms with Crippen LogP contribution in [-0.4, -0.2) is 55.5 Å². The number of halogens is 4. The first-order valence-electron chi connectivity index (χ1n) is 10.2. The zero-order chi connectivity index (χ0) is 23.8. The smallest absolute Gasteiger partial charge is 0.265 e. The minimum Gasteiger partial charge on any atom is -0.385 e. The average Bonchev–Trinajstić information content (AvgIpc) is 3.58. The Morgan fingerprint density at radius 1 is 1.06 bits per heavy atom. The van der Waals surface area contributed by atoms with Gasteiger partial charge in [0.15, 0.2) is 0 Å². The first-order valence-corrected chi connectivity index (χ1v) is 11.0. The van der Waals surface area contributed by atoms with E-state index in [-0.39, 0.29) is 18.4 Å². The van der Waals surface area contributed by atoms with Gasteiger partial charge in [-0.3, -0.25) is 0 Å². The van der Waals surface area contributed by atoms with Gasteiger partial charge in [-0.25, -0.2) is 28.4 Å². The third-order valence-corrected chi connectivity index (χ3v) is 5.80. The largest absolute Gasteiger partial charge is 0.385 e. The Labute approximate surface area is 202 Å². The van der Waals surface area contributed by atoms with Crippen molar-refractivity contribution in [3.63, 3.8) is 0 Å². The lowest BCUT2D eigenvalue weighted by molar-refractivity contribution is 0.00381. The molecule has 2 atom stereocenters. The Hall–Kier alpha value is -3.12. The quantitative estimate of drug-likeness (QED) is 0.265. The van der Waals surface area contributed by atoms with Gasteiger partial charge in [0, 0.05) is 42.8 Å². The number of nitrogens with one attached hydrogen (secondary N) is 3. The maximum absolute atomic E-state index is 12.5. The fourth-order valence-corrected chi connectivity index (χ4v) is 4.07. The lowest BCUT2D eigenvalue weighted by atomic mass is 10.1. The van der Waals surface area contributed by atoms with Crippen molar-refractivity contribution in [1.29, 1.82) is 0 Å². The molecule has 0 bridgehead atoms. The maximum Gasteiger partial charge on any atom is 0.265 e. The molecule has 9 nitrogen and oxygen atoms in total. The van der Waals surface area contributed by atoms with E-state index >= 15 is 0 Å². The van der Waals surface area contributed by atoms with Gasteiger partial charge in [0.1, 0.15) is 35.6 Å². The van der Waals surface area contributed by atoms with Crippen molar-refractivity contribution in [3.05, 3.63) is 58.6 Å². The predicted molar refractivity (Wildman–Crippen MR) is 125 cm³/mol. The fourth-order valence-electron chi connectivity index (χ4n) is 3.40. The number of hydrogen-bond acceptors (Lipinski definition) is 8. The van der Waals surface area contributed by atoms with Crippen LogP contribution in [0.2, 0.25) is 10.0 Å². The summed E-state index contributed by atoms with van der Waals surface area (Å²) >= 11 is 13.1. The summed E-state index contributed by atoms with van der Waals surface area (Å²) in [7, 11) is 0. The van der Waals surface area contributed by atoms with Crippen LogP contribution in [0.4, 0.5) is 26.2 Å². The SMILES string of the molecule is O[C@H](CNc1cc(Nc2cc3c(cn2)cnn3-c2c(Cl)cc(C3CN3)cc2Cl)ncn1)C(F)F. The van der Waals surface area contributed by atoms with Crippen LogP contribution < -0.4 is 16.0 Å². The number of nitrogens with zero attached hydrogens (tertiary/aromatic N) is 5. The van der Waals surface area contributed by atoms with Gasteiger partial charge < -0.3 is 21.1 Å². The zero-order valence-corrected chi connectivity index (χ0v) is 18.9. The van der Waals surface area contributed by atoms with E-state index in [4.69, 9.17) is 23.2 Å². The van der Waals surface area contributed by atoms with Crippen molar-refractivity contribution in [2.45, 2.75) is 18.6 Å². The topological polar surface area (TPSA) is 123 Å². The minimum absolute atomic E-state index is 0.268. The molecule has 1 saturated heterocycles. The Bertz CT molecular complexity index is 1320. The molecular formula is C21H18Cl2F2N8O. The van der Waals surface area contributed by atoms with Crippen LogP contribution in [0.3, 0.4) is 0 Å². The second kappa shape index (κ2) is 9.26. The average molecular weight is 507 g/mol. The molecule has 0 radical (unpaired) electrons. The number of aliphatic hydroxyl groups is 1. The third kappa shape index (κ3) is 4.73. The Morgan fingerprint density at radius 3 is 2.47 bits per heavy atom. The Kier molecular flexibility index (Phi) is 6.17. The molecule has 0 spiro atoms. The van der Waals surface area contributed by atoms with Crippen molar-refractivity contribution in [3.8, 4) is 5.69 Å². The van der Waals surface area contributed by atoms with E-state index in [2.05, 4.69) is 36.0 Å². The zero-order valence-electron chi connectivity index (χ0n) is 17.4. The van der Waals surface area contributed by atoms with Crippen molar-refractivity contribution >= 4 is 51.6 Å². The summed E-state index contributed by atoms with van der Waals surface area (Å²) in [5.41, 5.74) is 2.30. The van der Waals surface area contributed by atoms with Crippen LogP contribution in [0.1, 0.15) is 11.6 Å². The molecular weight excluding hydrogens is 489 g/mol. The third-order valence-electron chi connectivity index (χ3n) is 5.22. The number of anilines is 3. The molecule has 1 fully saturated rings. The maximum atomic E-state index is 12.5. The highest BCUT2D eigenvalue weighted by Crippen LogP contribution is 2.36.